The molecular weight excluding hydrogens is 620 g/mol. The van der Waals surface area contributed by atoms with Crippen LogP contribution in [0.15, 0.2) is 4.99 Å². The van der Waals surface area contributed by atoms with Crippen molar-refractivity contribution in [2.45, 2.75) is 54.9 Å². The van der Waals surface area contributed by atoms with E-state index in [-0.39, 0.29) is 41.4 Å². The normalized spacial score (nSPS) is 8.71. The highest BCUT2D eigenvalue weighted by atomic mass is 32.2. The molecule has 0 radical (unpaired) electrons. The first-order valence-corrected chi connectivity index (χ1v) is 17.8. The van der Waals surface area contributed by atoms with Gasteiger partial charge in [0.25, 0.3) is 0 Å². The van der Waals surface area contributed by atoms with Gasteiger partial charge in [0.15, 0.2) is 18.9 Å². The molecule has 1 N–H and O–H groups in total. The molecule has 0 saturated carbocycles. The summed E-state index contributed by atoms with van der Waals surface area (Å²) in [5, 5.41) is 0. The van der Waals surface area contributed by atoms with Crippen molar-refractivity contribution in [3.63, 3.8) is 0 Å². The number of ketones is 4. The van der Waals surface area contributed by atoms with Gasteiger partial charge >= 0.3 is 11.9 Å². The minimum atomic E-state index is -2.67. The van der Waals surface area contributed by atoms with Gasteiger partial charge in [0, 0.05) is 61.3 Å². The summed E-state index contributed by atoms with van der Waals surface area (Å²) in [5.41, 5.74) is 0. The van der Waals surface area contributed by atoms with Crippen molar-refractivity contribution in [1.29, 1.82) is 0 Å². The van der Waals surface area contributed by atoms with Gasteiger partial charge in [-0.3, -0.25) is 33.3 Å². The largest absolute Gasteiger partial charge is 0.631 e. The van der Waals surface area contributed by atoms with Gasteiger partial charge in [0.1, 0.15) is 27.8 Å². The Labute approximate surface area is 251 Å². The standard InChI is InChI=1S/C5H8O3.C4H6O2.C3H5NO.C3H6O2.C3H6O.C2H7O2P.C2H6O2S.C2H5OP/c1-4(6)3-5(7)8-2;1-3(5)4(2)6;1-3(5)4-2;1-3(4)5-2;1-3(2)4;2*1-5(2,3)4;1-4(2)3/h3H2,1-2H3;1-2H3;2H2,1H3;1-2H3;1-2H3;1-2H3,(H,3,4);1-2H3;1H2,2H3. The summed E-state index contributed by atoms with van der Waals surface area (Å²) < 4.78 is 37.3. The van der Waals surface area contributed by atoms with Crippen LogP contribution in [0, 0.1) is 0 Å². The number of nitrogens with zero attached hydrogens (tertiary/aromatic N) is 1. The van der Waals surface area contributed by atoms with Crippen LogP contribution in [0.1, 0.15) is 54.9 Å². The van der Waals surface area contributed by atoms with E-state index in [2.05, 4.69) is 27.5 Å². The molecule has 0 spiro atoms. The molecule has 0 saturated heterocycles. The quantitative estimate of drug-likeness (QED) is 0.146. The average Bonchev–Trinajstić information content (AvgIpc) is 2.71. The minimum Gasteiger partial charge on any atom is -0.631 e. The molecular formula is C24H49NO14P2S. The zero-order chi connectivity index (χ0) is 36.4. The summed E-state index contributed by atoms with van der Waals surface area (Å²) in [6.07, 6.45) is 5.35. The lowest BCUT2D eigenvalue weighted by Gasteiger charge is -1.90. The van der Waals surface area contributed by atoms with E-state index in [1.54, 1.807) is 6.66 Å². The van der Waals surface area contributed by atoms with Gasteiger partial charge in [-0.05, 0) is 27.5 Å². The zero-order valence-corrected chi connectivity index (χ0v) is 29.7. The highest BCUT2D eigenvalue weighted by molar-refractivity contribution is 7.89. The Morgan fingerprint density at radius 2 is 1.02 bits per heavy atom. The number of aliphatic imine (C=N–C) groups is 1. The molecule has 0 heterocycles. The Kier molecular flexibility index (Phi) is 53.5. The van der Waals surface area contributed by atoms with E-state index >= 15 is 0 Å². The third kappa shape index (κ3) is 387. The van der Waals surface area contributed by atoms with Gasteiger partial charge in [-0.2, -0.15) is 0 Å². The second-order valence-electron chi connectivity index (χ2n) is 7.91. The molecule has 0 aliphatic rings. The van der Waals surface area contributed by atoms with Crippen LogP contribution in [0.2, 0.25) is 0 Å². The molecule has 0 aromatic heterocycles. The van der Waals surface area contributed by atoms with E-state index in [0.717, 1.165) is 12.5 Å². The van der Waals surface area contributed by atoms with Gasteiger partial charge in [0.2, 0.25) is 5.91 Å². The Morgan fingerprint density at radius 1 is 0.857 bits per heavy atom. The number of rotatable bonds is 3. The summed E-state index contributed by atoms with van der Waals surface area (Å²) in [5.74, 6) is -1.71. The molecule has 0 aromatic carbocycles. The maximum absolute atomic E-state index is 10.2. The van der Waals surface area contributed by atoms with E-state index in [1.165, 1.54) is 76.0 Å². The molecule has 0 aliphatic carbocycles. The second-order valence-corrected chi connectivity index (χ2v) is 14.0. The van der Waals surface area contributed by atoms with E-state index in [9.17, 15) is 51.4 Å². The molecule has 42 heavy (non-hydrogen) atoms. The summed E-state index contributed by atoms with van der Waals surface area (Å²) in [4.78, 5) is 89.1. The number of amides is 1. The maximum Gasteiger partial charge on any atom is 0.313 e. The van der Waals surface area contributed by atoms with Crippen molar-refractivity contribution < 1.29 is 65.8 Å². The molecule has 1 unspecified atom stereocenters. The Balaban J connectivity index is -0.0000000530. The fraction of sp³-hybridized carbons (Fsp3) is 0.625. The molecule has 1 amide bonds. The van der Waals surface area contributed by atoms with Gasteiger partial charge in [-0.25, -0.2) is 13.4 Å². The SMILES string of the molecule is C=NC(C)=O.C=[P+](C)[O-].CC(=O)C(C)=O.CC(C)=O.COC(=O)CC(C)=O.COC(C)=O.CP(C)(=O)O.CS(C)(=O)=O. The third-order valence-electron chi connectivity index (χ3n) is 1.63. The highest BCUT2D eigenvalue weighted by Gasteiger charge is 2.01. The molecule has 0 fully saturated rings. The lowest BCUT2D eigenvalue weighted by atomic mass is 10.3. The summed E-state index contributed by atoms with van der Waals surface area (Å²) >= 11 is 0. The van der Waals surface area contributed by atoms with Crippen LogP contribution >= 0.6 is 15.1 Å². The number of ether oxygens (including phenoxy) is 2. The van der Waals surface area contributed by atoms with Gasteiger partial charge in [-0.1, -0.05) is 0 Å². The fourth-order valence-electron chi connectivity index (χ4n) is 0.275. The third-order valence-corrected chi connectivity index (χ3v) is 1.63. The predicted octanol–water partition coefficient (Wildman–Crippen LogP) is 1.29. The number of esters is 2. The van der Waals surface area contributed by atoms with Crippen molar-refractivity contribution in [2.24, 2.45) is 4.99 Å². The van der Waals surface area contributed by atoms with Crippen LogP contribution in [-0.4, -0.2) is 114 Å². The van der Waals surface area contributed by atoms with E-state index in [4.69, 9.17) is 4.89 Å². The minimum absolute atomic E-state index is 0.115. The molecule has 18 heteroatoms. The first kappa shape index (κ1) is 58.8. The van der Waals surface area contributed by atoms with E-state index < -0.39 is 30.9 Å². The Hall–Kier alpha value is -2.77. The van der Waals surface area contributed by atoms with Crippen molar-refractivity contribution in [2.75, 3.05) is 46.7 Å². The van der Waals surface area contributed by atoms with Crippen LogP contribution in [-0.2, 0) is 57.4 Å². The number of hydrogen-bond donors (Lipinski definition) is 1. The van der Waals surface area contributed by atoms with Gasteiger partial charge in [-0.15, -0.1) is 0 Å². The van der Waals surface area contributed by atoms with Crippen LogP contribution in [0.25, 0.3) is 0 Å². The number of hydrogen-bond acceptors (Lipinski definition) is 13. The number of sulfone groups is 1. The first-order valence-electron chi connectivity index (χ1n) is 11.0. The lowest BCUT2D eigenvalue weighted by Crippen LogP contribution is -2.05. The molecule has 1 atom stereocenters. The lowest BCUT2D eigenvalue weighted by molar-refractivity contribution is -0.151. The average molecular weight is 670 g/mol. The van der Waals surface area contributed by atoms with Crippen molar-refractivity contribution in [1.82, 2.24) is 0 Å². The molecule has 0 rings (SSSR count). The number of carbonyl (C=O) groups is 7. The van der Waals surface area contributed by atoms with Crippen molar-refractivity contribution in [3.05, 3.63) is 0 Å². The number of methoxy groups -OCH3 is 2. The molecule has 250 valence electrons. The van der Waals surface area contributed by atoms with E-state index in [0.29, 0.717) is 0 Å². The fourth-order valence-corrected chi connectivity index (χ4v) is 0.275. The van der Waals surface area contributed by atoms with Crippen molar-refractivity contribution >= 4 is 79.0 Å². The smallest absolute Gasteiger partial charge is 0.313 e. The number of carbonyl (C=O) groups excluding carboxylic acids is 7. The van der Waals surface area contributed by atoms with Gasteiger partial charge < -0.3 is 24.1 Å². The Morgan fingerprint density at radius 3 is 1.05 bits per heavy atom. The maximum atomic E-state index is 10.2. The van der Waals surface area contributed by atoms with E-state index in [1.807, 2.05) is 0 Å². The Bertz CT molecular complexity index is 937. The van der Waals surface area contributed by atoms with Crippen molar-refractivity contribution in [3.8, 4) is 0 Å². The van der Waals surface area contributed by atoms with Crippen LogP contribution in [0.4, 0.5) is 0 Å². The predicted molar refractivity (Wildman–Crippen MR) is 165 cm³/mol. The second kappa shape index (κ2) is 38.2. The van der Waals surface area contributed by atoms with Crippen LogP contribution < -0.4 is 4.89 Å². The molecule has 15 nitrogen and oxygen atoms in total. The topological polar surface area (TPSA) is 245 Å². The van der Waals surface area contributed by atoms with Crippen LogP contribution in [0.5, 0.6) is 0 Å². The summed E-state index contributed by atoms with van der Waals surface area (Å²) in [6.45, 7) is 16.7. The molecule has 0 aromatic rings. The molecule has 0 bridgehead atoms. The first-order chi connectivity index (χ1) is 18.3. The number of Topliss-reactive ketones (excluding diaryl/α,β-unsaturated/α-hetero) is 4. The van der Waals surface area contributed by atoms with Gasteiger partial charge in [0.05, 0.1) is 27.2 Å². The monoisotopic (exact) mass is 669 g/mol. The van der Waals surface area contributed by atoms with Crippen LogP contribution in [0.3, 0.4) is 0 Å². The summed E-state index contributed by atoms with van der Waals surface area (Å²) in [6, 6.07) is 0. The highest BCUT2D eigenvalue weighted by Crippen LogP contribution is 2.27. The molecule has 0 aliphatic heterocycles. The summed E-state index contributed by atoms with van der Waals surface area (Å²) in [7, 11) is -3.82. The zero-order valence-electron chi connectivity index (χ0n) is 27.1.